The van der Waals surface area contributed by atoms with Crippen LogP contribution in [0.2, 0.25) is 0 Å². The SMILES string of the molecule is CCCCC(CC)CNCC(O)COC1CCCC1. The van der Waals surface area contributed by atoms with Gasteiger partial charge in [-0.3, -0.25) is 0 Å². The zero-order chi connectivity index (χ0) is 13.9. The van der Waals surface area contributed by atoms with Gasteiger partial charge in [0.2, 0.25) is 0 Å². The minimum atomic E-state index is -0.357. The fraction of sp³-hybridized carbons (Fsp3) is 1.00. The smallest absolute Gasteiger partial charge is 0.0897 e. The van der Waals surface area contributed by atoms with Crippen LogP contribution in [0.15, 0.2) is 0 Å². The summed E-state index contributed by atoms with van der Waals surface area (Å²) >= 11 is 0. The van der Waals surface area contributed by atoms with Crippen molar-refractivity contribution >= 4 is 0 Å². The molecule has 3 nitrogen and oxygen atoms in total. The summed E-state index contributed by atoms with van der Waals surface area (Å²) in [5.41, 5.74) is 0. The Kier molecular flexibility index (Phi) is 9.48. The molecule has 1 fully saturated rings. The van der Waals surface area contributed by atoms with Gasteiger partial charge in [-0.15, -0.1) is 0 Å². The van der Waals surface area contributed by atoms with Crippen LogP contribution >= 0.6 is 0 Å². The maximum absolute atomic E-state index is 9.88. The van der Waals surface area contributed by atoms with E-state index in [9.17, 15) is 5.11 Å². The normalized spacial score (nSPS) is 19.7. The van der Waals surface area contributed by atoms with Gasteiger partial charge in [0.1, 0.15) is 0 Å². The van der Waals surface area contributed by atoms with Crippen molar-refractivity contribution in [1.29, 1.82) is 0 Å². The van der Waals surface area contributed by atoms with Crippen LogP contribution < -0.4 is 5.32 Å². The standard InChI is InChI=1S/C16H33NO2/c1-3-5-8-14(4-2)11-17-12-15(18)13-19-16-9-6-7-10-16/h14-18H,3-13H2,1-2H3. The van der Waals surface area contributed by atoms with Crippen molar-refractivity contribution in [2.45, 2.75) is 77.4 Å². The summed E-state index contributed by atoms with van der Waals surface area (Å²) in [7, 11) is 0. The van der Waals surface area contributed by atoms with Crippen LogP contribution in [0.25, 0.3) is 0 Å². The number of ether oxygens (including phenoxy) is 1. The fourth-order valence-electron chi connectivity index (χ4n) is 2.76. The molecule has 0 aromatic rings. The average Bonchev–Trinajstić information content (AvgIpc) is 2.93. The molecule has 0 radical (unpaired) electrons. The molecule has 0 bridgehead atoms. The summed E-state index contributed by atoms with van der Waals surface area (Å²) < 4.78 is 5.72. The molecule has 0 aromatic carbocycles. The van der Waals surface area contributed by atoms with Crippen molar-refractivity contribution in [2.24, 2.45) is 5.92 Å². The topological polar surface area (TPSA) is 41.5 Å². The Hall–Kier alpha value is -0.120. The molecule has 1 saturated carbocycles. The van der Waals surface area contributed by atoms with Crippen molar-refractivity contribution in [2.75, 3.05) is 19.7 Å². The second-order valence-electron chi connectivity index (χ2n) is 5.97. The molecule has 0 heterocycles. The van der Waals surface area contributed by atoms with Crippen LogP contribution in [0.5, 0.6) is 0 Å². The molecule has 1 rings (SSSR count). The maximum atomic E-state index is 9.88. The molecule has 2 N–H and O–H groups in total. The Labute approximate surface area is 119 Å². The van der Waals surface area contributed by atoms with Crippen molar-refractivity contribution in [3.05, 3.63) is 0 Å². The van der Waals surface area contributed by atoms with E-state index in [4.69, 9.17) is 4.74 Å². The molecule has 0 spiro atoms. The van der Waals surface area contributed by atoms with Crippen LogP contribution in [0.4, 0.5) is 0 Å². The van der Waals surface area contributed by atoms with E-state index in [2.05, 4.69) is 19.2 Å². The largest absolute Gasteiger partial charge is 0.389 e. The molecule has 1 aliphatic carbocycles. The average molecular weight is 271 g/mol. The Morgan fingerprint density at radius 2 is 1.95 bits per heavy atom. The summed E-state index contributed by atoms with van der Waals surface area (Å²) in [6.45, 7) is 6.67. The van der Waals surface area contributed by atoms with Gasteiger partial charge in [-0.25, -0.2) is 0 Å². The van der Waals surface area contributed by atoms with E-state index in [-0.39, 0.29) is 6.10 Å². The van der Waals surface area contributed by atoms with E-state index >= 15 is 0 Å². The Morgan fingerprint density at radius 1 is 1.21 bits per heavy atom. The van der Waals surface area contributed by atoms with Gasteiger partial charge in [-0.05, 0) is 31.7 Å². The Morgan fingerprint density at radius 3 is 2.58 bits per heavy atom. The molecule has 3 heteroatoms. The number of hydrogen-bond donors (Lipinski definition) is 2. The molecular formula is C16H33NO2. The maximum Gasteiger partial charge on any atom is 0.0897 e. The van der Waals surface area contributed by atoms with Gasteiger partial charge in [0.05, 0.1) is 18.8 Å². The molecule has 19 heavy (non-hydrogen) atoms. The van der Waals surface area contributed by atoms with Gasteiger partial charge in [0.25, 0.3) is 0 Å². The highest BCUT2D eigenvalue weighted by atomic mass is 16.5. The van der Waals surface area contributed by atoms with Crippen molar-refractivity contribution in [3.8, 4) is 0 Å². The third-order valence-corrected chi connectivity index (χ3v) is 4.18. The van der Waals surface area contributed by atoms with Gasteiger partial charge in [0.15, 0.2) is 0 Å². The minimum Gasteiger partial charge on any atom is -0.389 e. The van der Waals surface area contributed by atoms with E-state index in [0.717, 1.165) is 12.5 Å². The number of rotatable bonds is 11. The predicted octanol–water partition coefficient (Wildman–Crippen LogP) is 3.11. The van der Waals surface area contributed by atoms with Gasteiger partial charge in [-0.1, -0.05) is 46.0 Å². The number of aliphatic hydroxyl groups is 1. The molecular weight excluding hydrogens is 238 g/mol. The van der Waals surface area contributed by atoms with Crippen LogP contribution in [0.1, 0.15) is 65.2 Å². The zero-order valence-electron chi connectivity index (χ0n) is 12.9. The third-order valence-electron chi connectivity index (χ3n) is 4.18. The highest BCUT2D eigenvalue weighted by Crippen LogP contribution is 2.20. The fourth-order valence-corrected chi connectivity index (χ4v) is 2.76. The molecule has 114 valence electrons. The van der Waals surface area contributed by atoms with Crippen molar-refractivity contribution in [3.63, 3.8) is 0 Å². The predicted molar refractivity (Wildman–Crippen MR) is 80.4 cm³/mol. The molecule has 1 aliphatic rings. The summed E-state index contributed by atoms with van der Waals surface area (Å²) in [6.07, 6.45) is 10.1. The number of hydrogen-bond acceptors (Lipinski definition) is 3. The quantitative estimate of drug-likeness (QED) is 0.607. The van der Waals surface area contributed by atoms with E-state index in [1.807, 2.05) is 0 Å². The molecule has 0 saturated heterocycles. The van der Waals surface area contributed by atoms with E-state index in [0.29, 0.717) is 19.3 Å². The molecule has 0 aliphatic heterocycles. The van der Waals surface area contributed by atoms with Crippen LogP contribution in [0, 0.1) is 5.92 Å². The van der Waals surface area contributed by atoms with E-state index in [1.165, 1.54) is 51.4 Å². The third kappa shape index (κ3) is 7.91. The Bertz CT molecular complexity index is 205. The molecule has 0 aromatic heterocycles. The summed E-state index contributed by atoms with van der Waals surface area (Å²) in [5, 5.41) is 13.3. The minimum absolute atomic E-state index is 0.357. The highest BCUT2D eigenvalue weighted by Gasteiger charge is 2.16. The second-order valence-corrected chi connectivity index (χ2v) is 5.97. The summed E-state index contributed by atoms with van der Waals surface area (Å²) in [4.78, 5) is 0. The van der Waals surface area contributed by atoms with Crippen LogP contribution in [-0.2, 0) is 4.74 Å². The number of aliphatic hydroxyl groups excluding tert-OH is 1. The second kappa shape index (κ2) is 10.6. The molecule has 2 unspecified atom stereocenters. The summed E-state index contributed by atoms with van der Waals surface area (Å²) in [6, 6.07) is 0. The zero-order valence-corrected chi connectivity index (χ0v) is 12.9. The Balaban J connectivity index is 2.00. The first kappa shape index (κ1) is 16.9. The number of nitrogens with one attached hydrogen (secondary N) is 1. The van der Waals surface area contributed by atoms with Gasteiger partial charge < -0.3 is 15.2 Å². The highest BCUT2D eigenvalue weighted by molar-refractivity contribution is 4.69. The lowest BCUT2D eigenvalue weighted by Gasteiger charge is -2.19. The van der Waals surface area contributed by atoms with Crippen LogP contribution in [0.3, 0.4) is 0 Å². The van der Waals surface area contributed by atoms with Gasteiger partial charge >= 0.3 is 0 Å². The molecule has 0 amide bonds. The first-order chi connectivity index (χ1) is 9.26. The first-order valence-corrected chi connectivity index (χ1v) is 8.26. The first-order valence-electron chi connectivity index (χ1n) is 8.26. The van der Waals surface area contributed by atoms with Gasteiger partial charge in [-0.2, -0.15) is 0 Å². The number of unbranched alkanes of at least 4 members (excludes halogenated alkanes) is 1. The van der Waals surface area contributed by atoms with Gasteiger partial charge in [0, 0.05) is 6.54 Å². The summed E-state index contributed by atoms with van der Waals surface area (Å²) in [5.74, 6) is 0.753. The van der Waals surface area contributed by atoms with Crippen LogP contribution in [-0.4, -0.2) is 37.0 Å². The lowest BCUT2D eigenvalue weighted by atomic mass is 9.99. The van der Waals surface area contributed by atoms with E-state index in [1.54, 1.807) is 0 Å². The van der Waals surface area contributed by atoms with E-state index < -0.39 is 0 Å². The monoisotopic (exact) mass is 271 g/mol. The van der Waals surface area contributed by atoms with Crippen molar-refractivity contribution in [1.82, 2.24) is 5.32 Å². The van der Waals surface area contributed by atoms with Crippen molar-refractivity contribution < 1.29 is 9.84 Å². The lowest BCUT2D eigenvalue weighted by molar-refractivity contribution is -0.00565. The lowest BCUT2D eigenvalue weighted by Crippen LogP contribution is -2.34. The molecule has 2 atom stereocenters.